The smallest absolute Gasteiger partial charge is 0.233 e. The van der Waals surface area contributed by atoms with Gasteiger partial charge in [0, 0.05) is 25.2 Å². The Bertz CT molecular complexity index is 477. The monoisotopic (exact) mass is 258 g/mol. The third-order valence-corrected chi connectivity index (χ3v) is 4.53. The Morgan fingerprint density at radius 1 is 1.21 bits per heavy atom. The fraction of sp³-hybridized carbons (Fsp3) is 0.562. The SMILES string of the molecule is CC1(C)CNCCN1C(=O)C1(c2ccccc2)CC1. The lowest BCUT2D eigenvalue weighted by atomic mass is 9.90. The van der Waals surface area contributed by atoms with Gasteiger partial charge in [0.25, 0.3) is 0 Å². The first-order chi connectivity index (χ1) is 9.06. The van der Waals surface area contributed by atoms with Gasteiger partial charge in [-0.2, -0.15) is 0 Å². The number of hydrogen-bond acceptors (Lipinski definition) is 2. The number of benzene rings is 1. The molecule has 3 nitrogen and oxygen atoms in total. The Morgan fingerprint density at radius 2 is 1.89 bits per heavy atom. The van der Waals surface area contributed by atoms with Crippen molar-refractivity contribution in [3.8, 4) is 0 Å². The molecule has 0 radical (unpaired) electrons. The van der Waals surface area contributed by atoms with Crippen LogP contribution in [0.15, 0.2) is 30.3 Å². The second kappa shape index (κ2) is 4.34. The van der Waals surface area contributed by atoms with Gasteiger partial charge in [-0.05, 0) is 32.3 Å². The fourth-order valence-corrected chi connectivity index (χ4v) is 3.13. The van der Waals surface area contributed by atoms with E-state index in [1.807, 2.05) is 18.2 Å². The van der Waals surface area contributed by atoms with Gasteiger partial charge in [0.1, 0.15) is 0 Å². The topological polar surface area (TPSA) is 32.3 Å². The van der Waals surface area contributed by atoms with Crippen LogP contribution in [0.2, 0.25) is 0 Å². The van der Waals surface area contributed by atoms with E-state index in [2.05, 4.69) is 36.2 Å². The molecule has 0 aromatic heterocycles. The summed E-state index contributed by atoms with van der Waals surface area (Å²) in [5, 5.41) is 3.38. The minimum atomic E-state index is -0.226. The largest absolute Gasteiger partial charge is 0.334 e. The number of nitrogens with one attached hydrogen (secondary N) is 1. The van der Waals surface area contributed by atoms with E-state index in [0.29, 0.717) is 5.91 Å². The summed E-state index contributed by atoms with van der Waals surface area (Å²) in [6.45, 7) is 6.90. The minimum absolute atomic E-state index is 0.0836. The molecule has 1 aromatic carbocycles. The first-order valence-corrected chi connectivity index (χ1v) is 7.15. The molecule has 0 spiro atoms. The van der Waals surface area contributed by atoms with Gasteiger partial charge in [-0.3, -0.25) is 4.79 Å². The lowest BCUT2D eigenvalue weighted by molar-refractivity contribution is -0.140. The molecule has 0 unspecified atom stereocenters. The Morgan fingerprint density at radius 3 is 2.47 bits per heavy atom. The average Bonchev–Trinajstić information content (AvgIpc) is 3.20. The van der Waals surface area contributed by atoms with E-state index in [4.69, 9.17) is 0 Å². The molecule has 1 saturated carbocycles. The molecular formula is C16H22N2O. The van der Waals surface area contributed by atoms with Crippen LogP contribution in [-0.4, -0.2) is 36.0 Å². The van der Waals surface area contributed by atoms with Gasteiger partial charge in [0.15, 0.2) is 0 Å². The summed E-state index contributed by atoms with van der Waals surface area (Å²) in [4.78, 5) is 15.1. The van der Waals surface area contributed by atoms with Crippen molar-refractivity contribution < 1.29 is 4.79 Å². The zero-order valence-electron chi connectivity index (χ0n) is 11.8. The summed E-state index contributed by atoms with van der Waals surface area (Å²) < 4.78 is 0. The van der Waals surface area contributed by atoms with Crippen LogP contribution in [0, 0.1) is 0 Å². The maximum atomic E-state index is 13.0. The van der Waals surface area contributed by atoms with E-state index in [1.165, 1.54) is 5.56 Å². The van der Waals surface area contributed by atoms with Gasteiger partial charge >= 0.3 is 0 Å². The first-order valence-electron chi connectivity index (χ1n) is 7.15. The number of rotatable bonds is 2. The van der Waals surface area contributed by atoms with Crippen molar-refractivity contribution >= 4 is 5.91 Å². The molecule has 1 amide bonds. The molecule has 3 heteroatoms. The first kappa shape index (κ1) is 12.7. The quantitative estimate of drug-likeness (QED) is 0.879. The van der Waals surface area contributed by atoms with Crippen LogP contribution in [0.1, 0.15) is 32.3 Å². The molecule has 1 aliphatic carbocycles. The summed E-state index contributed by atoms with van der Waals surface area (Å²) in [6.07, 6.45) is 1.99. The molecular weight excluding hydrogens is 236 g/mol. The second-order valence-corrected chi connectivity index (χ2v) is 6.39. The molecule has 0 atom stereocenters. The molecule has 1 saturated heterocycles. The van der Waals surface area contributed by atoms with E-state index in [1.54, 1.807) is 0 Å². The number of carbonyl (C=O) groups excluding carboxylic acids is 1. The predicted octanol–water partition coefficient (Wildman–Crippen LogP) is 1.93. The highest BCUT2D eigenvalue weighted by Crippen LogP contribution is 2.50. The molecule has 102 valence electrons. The van der Waals surface area contributed by atoms with Crippen molar-refractivity contribution in [2.24, 2.45) is 0 Å². The molecule has 3 rings (SSSR count). The summed E-state index contributed by atoms with van der Waals surface area (Å²) in [5.74, 6) is 0.324. The van der Waals surface area contributed by atoms with Crippen LogP contribution >= 0.6 is 0 Å². The van der Waals surface area contributed by atoms with Crippen molar-refractivity contribution in [2.45, 2.75) is 37.6 Å². The van der Waals surface area contributed by atoms with E-state index < -0.39 is 0 Å². The van der Waals surface area contributed by atoms with E-state index in [9.17, 15) is 4.79 Å². The molecule has 1 heterocycles. The van der Waals surface area contributed by atoms with Crippen LogP contribution in [0.5, 0.6) is 0 Å². The molecule has 1 N–H and O–H groups in total. The maximum absolute atomic E-state index is 13.0. The lowest BCUT2D eigenvalue weighted by Gasteiger charge is -2.44. The molecule has 1 aromatic rings. The summed E-state index contributed by atoms with van der Waals surface area (Å²) in [5.41, 5.74) is 0.879. The average molecular weight is 258 g/mol. The van der Waals surface area contributed by atoms with E-state index in [0.717, 1.165) is 32.5 Å². The van der Waals surface area contributed by atoms with Gasteiger partial charge in [-0.15, -0.1) is 0 Å². The second-order valence-electron chi connectivity index (χ2n) is 6.39. The molecule has 19 heavy (non-hydrogen) atoms. The third kappa shape index (κ3) is 2.06. The lowest BCUT2D eigenvalue weighted by Crippen LogP contribution is -2.61. The summed E-state index contributed by atoms with van der Waals surface area (Å²) >= 11 is 0. The van der Waals surface area contributed by atoms with Crippen LogP contribution in [-0.2, 0) is 10.2 Å². The number of nitrogens with zero attached hydrogens (tertiary/aromatic N) is 1. The molecule has 1 aliphatic heterocycles. The van der Waals surface area contributed by atoms with E-state index in [-0.39, 0.29) is 11.0 Å². The molecule has 2 aliphatic rings. The van der Waals surface area contributed by atoms with Crippen molar-refractivity contribution in [3.05, 3.63) is 35.9 Å². The van der Waals surface area contributed by atoms with Crippen LogP contribution in [0.25, 0.3) is 0 Å². The zero-order chi connectivity index (χ0) is 13.5. The Balaban J connectivity index is 1.88. The number of piperazine rings is 1. The van der Waals surface area contributed by atoms with E-state index >= 15 is 0 Å². The van der Waals surface area contributed by atoms with Crippen molar-refractivity contribution in [2.75, 3.05) is 19.6 Å². The normalized spacial score (nSPS) is 24.0. The number of carbonyl (C=O) groups is 1. The summed E-state index contributed by atoms with van der Waals surface area (Å²) in [6, 6.07) is 10.3. The number of amides is 1. The highest BCUT2D eigenvalue weighted by Gasteiger charge is 2.54. The molecule has 0 bridgehead atoms. The predicted molar refractivity (Wildman–Crippen MR) is 76.0 cm³/mol. The Kier molecular flexibility index (Phi) is 2.90. The minimum Gasteiger partial charge on any atom is -0.334 e. The third-order valence-electron chi connectivity index (χ3n) is 4.53. The molecule has 2 fully saturated rings. The van der Waals surface area contributed by atoms with Gasteiger partial charge < -0.3 is 10.2 Å². The summed E-state index contributed by atoms with van der Waals surface area (Å²) in [7, 11) is 0. The van der Waals surface area contributed by atoms with Gasteiger partial charge in [0.2, 0.25) is 5.91 Å². The standard InChI is InChI=1S/C16H22N2O/c1-15(2)12-17-10-11-18(15)14(19)16(8-9-16)13-6-4-3-5-7-13/h3-7,17H,8-12H2,1-2H3. The van der Waals surface area contributed by atoms with Crippen molar-refractivity contribution in [3.63, 3.8) is 0 Å². The van der Waals surface area contributed by atoms with Crippen molar-refractivity contribution in [1.29, 1.82) is 0 Å². The highest BCUT2D eigenvalue weighted by molar-refractivity contribution is 5.92. The van der Waals surface area contributed by atoms with Gasteiger partial charge in [-0.25, -0.2) is 0 Å². The maximum Gasteiger partial charge on any atom is 0.233 e. The van der Waals surface area contributed by atoms with Gasteiger partial charge in [0.05, 0.1) is 5.41 Å². The number of hydrogen-bond donors (Lipinski definition) is 1. The Hall–Kier alpha value is -1.35. The Labute approximate surface area is 115 Å². The van der Waals surface area contributed by atoms with Crippen LogP contribution < -0.4 is 5.32 Å². The van der Waals surface area contributed by atoms with Gasteiger partial charge in [-0.1, -0.05) is 30.3 Å². The van der Waals surface area contributed by atoms with Crippen LogP contribution in [0.4, 0.5) is 0 Å². The van der Waals surface area contributed by atoms with Crippen molar-refractivity contribution in [1.82, 2.24) is 10.2 Å². The highest BCUT2D eigenvalue weighted by atomic mass is 16.2. The van der Waals surface area contributed by atoms with Crippen LogP contribution in [0.3, 0.4) is 0 Å². The zero-order valence-corrected chi connectivity index (χ0v) is 11.8. The fourth-order valence-electron chi connectivity index (χ4n) is 3.13.